The number of hydrogen-bond donors (Lipinski definition) is 1. The van der Waals surface area contributed by atoms with Gasteiger partial charge in [-0.05, 0) is 0 Å². The molecule has 3 fully saturated rings. The average Bonchev–Trinajstić information content (AvgIpc) is 2.82. The normalized spacial score (nSPS) is 47.8. The van der Waals surface area contributed by atoms with Gasteiger partial charge in [0, 0.05) is 0 Å². The van der Waals surface area contributed by atoms with Gasteiger partial charge in [-0.2, -0.15) is 0 Å². The second-order valence-electron chi connectivity index (χ2n) is 9.93. The van der Waals surface area contributed by atoms with Crippen molar-refractivity contribution in [2.75, 3.05) is 0 Å². The third-order valence-corrected chi connectivity index (χ3v) is 8.50. The molecule has 24 heavy (non-hydrogen) atoms. The summed E-state index contributed by atoms with van der Waals surface area (Å²) < 4.78 is 0. The molecule has 0 spiro atoms. The number of fused-ring (bicyclic) bond motifs is 5. The Morgan fingerprint density at radius 3 is 2.71 bits per heavy atom. The van der Waals surface area contributed by atoms with Crippen molar-refractivity contribution in [1.29, 1.82) is 0 Å². The SMILES string of the molecule is CC1=C2C(B=CC(O)C1)CCC1C2CC[C@@]2(C)C1CC[C@@H]2C(C)C. The summed E-state index contributed by atoms with van der Waals surface area (Å²) in [5.74, 6) is 7.13. The summed E-state index contributed by atoms with van der Waals surface area (Å²) in [4.78, 5) is 0. The van der Waals surface area contributed by atoms with Crippen molar-refractivity contribution < 1.29 is 5.11 Å². The molecule has 0 bridgehead atoms. The summed E-state index contributed by atoms with van der Waals surface area (Å²) in [6, 6.07) is 0. The first kappa shape index (κ1) is 17.1. The minimum atomic E-state index is -0.257. The van der Waals surface area contributed by atoms with Gasteiger partial charge >= 0.3 is 149 Å². The average molecular weight is 326 g/mol. The standard InChI is InChI=1S/C22H35BO/c1-13(2)18-6-7-19-16-5-8-20-21(14(3)11-15(24)12-23-20)17(16)9-10-22(18,19)4/h12-13,15-20,24H,5-11H2,1-4H3/t15?,16?,17?,18-,19?,20?,22-/m1/s1. The van der Waals surface area contributed by atoms with E-state index < -0.39 is 0 Å². The molecule has 1 nitrogen and oxygen atoms in total. The maximum atomic E-state index is 10.2. The Balaban J connectivity index is 1.66. The molecule has 5 unspecified atom stereocenters. The van der Waals surface area contributed by atoms with Gasteiger partial charge in [-0.3, -0.25) is 0 Å². The van der Waals surface area contributed by atoms with E-state index in [-0.39, 0.29) is 6.10 Å². The third-order valence-electron chi connectivity index (χ3n) is 8.50. The topological polar surface area (TPSA) is 20.2 Å². The first-order valence-corrected chi connectivity index (χ1v) is 10.5. The molecule has 3 aliphatic carbocycles. The van der Waals surface area contributed by atoms with Crippen LogP contribution in [0.1, 0.15) is 72.6 Å². The van der Waals surface area contributed by atoms with Crippen LogP contribution in [0.4, 0.5) is 0 Å². The summed E-state index contributed by atoms with van der Waals surface area (Å²) in [6.45, 7) is 12.2. The van der Waals surface area contributed by atoms with Crippen LogP contribution in [0.2, 0.25) is 5.82 Å². The minimum absolute atomic E-state index is 0.257. The summed E-state index contributed by atoms with van der Waals surface area (Å²) in [7, 11) is 0. The summed E-state index contributed by atoms with van der Waals surface area (Å²) in [5, 5.41) is 10.2. The Labute approximate surface area is 149 Å². The summed E-state index contributed by atoms with van der Waals surface area (Å²) in [5.41, 5.74) is 3.85. The molecule has 1 aliphatic heterocycles. The van der Waals surface area contributed by atoms with Crippen LogP contribution < -0.4 is 0 Å². The maximum absolute atomic E-state index is 10.2. The van der Waals surface area contributed by atoms with E-state index in [4.69, 9.17) is 0 Å². The number of aliphatic hydroxyl groups is 1. The van der Waals surface area contributed by atoms with Crippen molar-refractivity contribution in [1.82, 2.24) is 0 Å². The zero-order valence-electron chi connectivity index (χ0n) is 16.1. The third kappa shape index (κ3) is 2.51. The summed E-state index contributed by atoms with van der Waals surface area (Å²) in [6.07, 6.45) is 9.09. The van der Waals surface area contributed by atoms with Crippen LogP contribution in [-0.4, -0.2) is 24.1 Å². The molecule has 2 heteroatoms. The number of hydrogen-bond acceptors (Lipinski definition) is 1. The van der Waals surface area contributed by atoms with Crippen LogP contribution in [0.5, 0.6) is 0 Å². The molecule has 1 N–H and O–H groups in total. The van der Waals surface area contributed by atoms with Crippen LogP contribution >= 0.6 is 0 Å². The van der Waals surface area contributed by atoms with Gasteiger partial charge in [0.25, 0.3) is 0 Å². The Bertz CT molecular complexity index is 562. The van der Waals surface area contributed by atoms with E-state index >= 15 is 0 Å². The number of allylic oxidation sites excluding steroid dienone is 1. The fraction of sp³-hybridized carbons (Fsp3) is 0.864. The van der Waals surface area contributed by atoms with Gasteiger partial charge in [-0.15, -0.1) is 0 Å². The second kappa shape index (κ2) is 6.11. The van der Waals surface area contributed by atoms with Gasteiger partial charge in [-0.1, -0.05) is 0 Å². The van der Waals surface area contributed by atoms with E-state index in [2.05, 4.69) is 40.6 Å². The molecule has 4 aliphatic rings. The van der Waals surface area contributed by atoms with Crippen molar-refractivity contribution in [2.45, 2.75) is 84.6 Å². The van der Waals surface area contributed by atoms with E-state index in [0.29, 0.717) is 11.2 Å². The molecule has 1 heterocycles. The molecule has 132 valence electrons. The van der Waals surface area contributed by atoms with E-state index in [9.17, 15) is 5.11 Å². The molecular weight excluding hydrogens is 291 g/mol. The Morgan fingerprint density at radius 1 is 1.17 bits per heavy atom. The van der Waals surface area contributed by atoms with Crippen molar-refractivity contribution in [2.24, 2.45) is 35.0 Å². The van der Waals surface area contributed by atoms with Gasteiger partial charge < -0.3 is 0 Å². The van der Waals surface area contributed by atoms with Crippen LogP contribution in [0, 0.1) is 35.0 Å². The Kier molecular flexibility index (Phi) is 4.35. The molecule has 0 radical (unpaired) electrons. The van der Waals surface area contributed by atoms with Gasteiger partial charge in [-0.25, -0.2) is 0 Å². The van der Waals surface area contributed by atoms with Crippen molar-refractivity contribution in [3.8, 4) is 0 Å². The molecule has 0 aromatic carbocycles. The Hall–Kier alpha value is -0.365. The van der Waals surface area contributed by atoms with Crippen molar-refractivity contribution >= 4 is 12.9 Å². The number of aliphatic hydroxyl groups excluding tert-OH is 1. The van der Waals surface area contributed by atoms with Crippen molar-refractivity contribution in [3.63, 3.8) is 0 Å². The van der Waals surface area contributed by atoms with Gasteiger partial charge in [0.2, 0.25) is 0 Å². The molecule has 7 atom stereocenters. The number of rotatable bonds is 1. The first-order valence-electron chi connectivity index (χ1n) is 10.5. The Morgan fingerprint density at radius 2 is 1.96 bits per heavy atom. The quantitative estimate of drug-likeness (QED) is 0.538. The van der Waals surface area contributed by atoms with Crippen molar-refractivity contribution in [3.05, 3.63) is 11.1 Å². The molecule has 0 aromatic rings. The van der Waals surface area contributed by atoms with Crippen LogP contribution in [0.25, 0.3) is 0 Å². The predicted octanol–water partition coefficient (Wildman–Crippen LogP) is 4.87. The molecule has 0 saturated heterocycles. The molecule has 0 amide bonds. The monoisotopic (exact) mass is 326 g/mol. The van der Waals surface area contributed by atoms with Crippen LogP contribution in [0.3, 0.4) is 0 Å². The first-order chi connectivity index (χ1) is 11.4. The second-order valence-corrected chi connectivity index (χ2v) is 9.93. The molecule has 3 saturated carbocycles. The van der Waals surface area contributed by atoms with Gasteiger partial charge in [0.1, 0.15) is 0 Å². The fourth-order valence-corrected chi connectivity index (χ4v) is 7.61. The van der Waals surface area contributed by atoms with E-state index in [0.717, 1.165) is 36.0 Å². The predicted molar refractivity (Wildman–Crippen MR) is 103 cm³/mol. The van der Waals surface area contributed by atoms with Gasteiger partial charge in [0.15, 0.2) is 0 Å². The zero-order valence-corrected chi connectivity index (χ0v) is 16.1. The van der Waals surface area contributed by atoms with E-state index in [1.807, 2.05) is 0 Å². The van der Waals surface area contributed by atoms with Crippen LogP contribution in [-0.2, 0) is 0 Å². The van der Waals surface area contributed by atoms with Crippen LogP contribution in [0.15, 0.2) is 11.1 Å². The molecule has 4 rings (SSSR count). The fourth-order valence-electron chi connectivity index (χ4n) is 7.61. The zero-order chi connectivity index (χ0) is 17.1. The summed E-state index contributed by atoms with van der Waals surface area (Å²) >= 11 is 0. The molecule has 0 aromatic heterocycles. The van der Waals surface area contributed by atoms with E-state index in [1.165, 1.54) is 44.1 Å². The van der Waals surface area contributed by atoms with Gasteiger partial charge in [0.05, 0.1) is 0 Å². The molecular formula is C22H35BO. The van der Waals surface area contributed by atoms with E-state index in [1.54, 1.807) is 5.57 Å².